The molecule has 2 rings (SSSR count). The van der Waals surface area contributed by atoms with Crippen LogP contribution in [0.4, 0.5) is 4.39 Å². The number of carbonyl (C=O) groups excluding carboxylic acids is 1. The molecule has 5 heteroatoms. The average Bonchev–Trinajstić information content (AvgIpc) is 2.33. The molecule has 0 unspecified atom stereocenters. The minimum atomic E-state index is -0.566. The van der Waals surface area contributed by atoms with Gasteiger partial charge in [0.2, 0.25) is 0 Å². The summed E-state index contributed by atoms with van der Waals surface area (Å²) in [6.45, 7) is 4.98. The molecule has 1 amide bonds. The van der Waals surface area contributed by atoms with Crippen LogP contribution in [0.1, 0.15) is 24.2 Å². The summed E-state index contributed by atoms with van der Waals surface area (Å²) in [5.41, 5.74) is 5.84. The van der Waals surface area contributed by atoms with Crippen molar-refractivity contribution in [3.05, 3.63) is 29.6 Å². The molecule has 19 heavy (non-hydrogen) atoms. The van der Waals surface area contributed by atoms with Crippen molar-refractivity contribution >= 4 is 5.91 Å². The van der Waals surface area contributed by atoms with Gasteiger partial charge >= 0.3 is 0 Å². The summed E-state index contributed by atoms with van der Waals surface area (Å²) in [4.78, 5) is 13.7. The van der Waals surface area contributed by atoms with Crippen LogP contribution in [0.15, 0.2) is 18.2 Å². The molecule has 1 fully saturated rings. The molecule has 0 radical (unpaired) electrons. The van der Waals surface area contributed by atoms with Gasteiger partial charge in [-0.15, -0.1) is 0 Å². The molecule has 1 aliphatic rings. The lowest BCUT2D eigenvalue weighted by atomic mass is 9.80. The summed E-state index contributed by atoms with van der Waals surface area (Å²) in [7, 11) is 1.46. The number of methoxy groups -OCH3 is 1. The molecule has 0 aromatic heterocycles. The summed E-state index contributed by atoms with van der Waals surface area (Å²) < 4.78 is 18.7. The fraction of sp³-hybridized carbons (Fsp3) is 0.500. The van der Waals surface area contributed by atoms with Gasteiger partial charge in [-0.2, -0.15) is 0 Å². The number of rotatable bonds is 3. The summed E-state index contributed by atoms with van der Waals surface area (Å²) >= 11 is 0. The number of hydrogen-bond donors (Lipinski definition) is 1. The molecule has 1 aromatic rings. The topological polar surface area (TPSA) is 55.6 Å². The van der Waals surface area contributed by atoms with Crippen molar-refractivity contribution in [1.82, 2.24) is 4.90 Å². The van der Waals surface area contributed by atoms with Crippen molar-refractivity contribution < 1.29 is 13.9 Å². The van der Waals surface area contributed by atoms with E-state index in [4.69, 9.17) is 10.5 Å². The van der Waals surface area contributed by atoms with Crippen LogP contribution in [-0.2, 0) is 0 Å². The second kappa shape index (κ2) is 4.81. The normalized spacial score (nSPS) is 17.3. The SMILES string of the molecule is COc1ccc(C(=O)N2CC(N)(C(C)C)C2)c(F)c1. The lowest BCUT2D eigenvalue weighted by Gasteiger charge is -2.50. The Labute approximate surface area is 112 Å². The van der Waals surface area contributed by atoms with Crippen LogP contribution in [-0.4, -0.2) is 36.5 Å². The number of carbonyl (C=O) groups is 1. The Hall–Kier alpha value is -1.62. The van der Waals surface area contributed by atoms with Gasteiger partial charge in [-0.05, 0) is 18.1 Å². The molecule has 1 aromatic carbocycles. The number of amides is 1. The summed E-state index contributed by atoms with van der Waals surface area (Å²) in [6, 6.07) is 4.24. The summed E-state index contributed by atoms with van der Waals surface area (Å²) in [5.74, 6) is -0.199. The van der Waals surface area contributed by atoms with Crippen LogP contribution in [0.2, 0.25) is 0 Å². The molecule has 0 atom stereocenters. The zero-order valence-corrected chi connectivity index (χ0v) is 11.4. The maximum atomic E-state index is 13.8. The van der Waals surface area contributed by atoms with Gasteiger partial charge in [0.05, 0.1) is 18.2 Å². The fourth-order valence-corrected chi connectivity index (χ4v) is 2.14. The summed E-state index contributed by atoms with van der Waals surface area (Å²) in [6.07, 6.45) is 0. The zero-order chi connectivity index (χ0) is 14.2. The van der Waals surface area contributed by atoms with Crippen LogP contribution in [0.25, 0.3) is 0 Å². The van der Waals surface area contributed by atoms with Gasteiger partial charge in [0.15, 0.2) is 0 Å². The molecular formula is C14H19FN2O2. The molecule has 4 nitrogen and oxygen atoms in total. The number of nitrogens with two attached hydrogens (primary N) is 1. The lowest BCUT2D eigenvalue weighted by molar-refractivity contribution is 0.0271. The standard InChI is InChI=1S/C14H19FN2O2/c1-9(2)14(16)7-17(8-14)13(18)11-5-4-10(19-3)6-12(11)15/h4-6,9H,7-8,16H2,1-3H3. The van der Waals surface area contributed by atoms with Crippen molar-refractivity contribution in [2.24, 2.45) is 11.7 Å². The molecule has 104 valence electrons. The first-order chi connectivity index (χ1) is 8.87. The van der Waals surface area contributed by atoms with E-state index >= 15 is 0 Å². The highest BCUT2D eigenvalue weighted by atomic mass is 19.1. The monoisotopic (exact) mass is 266 g/mol. The molecular weight excluding hydrogens is 247 g/mol. The van der Waals surface area contributed by atoms with E-state index in [-0.39, 0.29) is 22.9 Å². The molecule has 1 heterocycles. The van der Waals surface area contributed by atoms with Gasteiger partial charge in [0.1, 0.15) is 11.6 Å². The Morgan fingerprint density at radius 3 is 2.58 bits per heavy atom. The summed E-state index contributed by atoms with van der Waals surface area (Å²) in [5, 5.41) is 0. The van der Waals surface area contributed by atoms with E-state index in [1.54, 1.807) is 11.0 Å². The largest absolute Gasteiger partial charge is 0.497 e. The van der Waals surface area contributed by atoms with E-state index in [9.17, 15) is 9.18 Å². The van der Waals surface area contributed by atoms with Crippen molar-refractivity contribution in [2.75, 3.05) is 20.2 Å². The van der Waals surface area contributed by atoms with Gasteiger partial charge in [0, 0.05) is 19.2 Å². The number of hydrogen-bond acceptors (Lipinski definition) is 3. The first kappa shape index (κ1) is 13.8. The molecule has 0 aliphatic carbocycles. The molecule has 2 N–H and O–H groups in total. The third-order valence-electron chi connectivity index (χ3n) is 3.81. The molecule has 1 saturated heterocycles. The van der Waals surface area contributed by atoms with Gasteiger partial charge < -0.3 is 15.4 Å². The van der Waals surface area contributed by atoms with Gasteiger partial charge in [-0.1, -0.05) is 13.8 Å². The smallest absolute Gasteiger partial charge is 0.256 e. The van der Waals surface area contributed by atoms with E-state index in [1.807, 2.05) is 13.8 Å². The van der Waals surface area contributed by atoms with Gasteiger partial charge in [-0.25, -0.2) is 4.39 Å². The van der Waals surface area contributed by atoms with E-state index in [2.05, 4.69) is 0 Å². The number of halogens is 1. The van der Waals surface area contributed by atoms with Crippen LogP contribution < -0.4 is 10.5 Å². The van der Waals surface area contributed by atoms with Crippen molar-refractivity contribution in [2.45, 2.75) is 19.4 Å². The first-order valence-corrected chi connectivity index (χ1v) is 6.29. The molecule has 1 aliphatic heterocycles. The lowest BCUT2D eigenvalue weighted by Crippen LogP contribution is -2.71. The van der Waals surface area contributed by atoms with Gasteiger partial charge in [-0.3, -0.25) is 4.79 Å². The Morgan fingerprint density at radius 2 is 2.11 bits per heavy atom. The Bertz CT molecular complexity index is 496. The number of nitrogens with zero attached hydrogens (tertiary/aromatic N) is 1. The molecule has 0 bridgehead atoms. The predicted molar refractivity (Wildman–Crippen MR) is 70.6 cm³/mol. The minimum Gasteiger partial charge on any atom is -0.497 e. The van der Waals surface area contributed by atoms with Crippen LogP contribution in [0.5, 0.6) is 5.75 Å². The Balaban J connectivity index is 2.10. The highest BCUT2D eigenvalue weighted by Gasteiger charge is 2.44. The average molecular weight is 266 g/mol. The maximum absolute atomic E-state index is 13.8. The maximum Gasteiger partial charge on any atom is 0.256 e. The van der Waals surface area contributed by atoms with E-state index in [0.29, 0.717) is 18.8 Å². The number of benzene rings is 1. The predicted octanol–water partition coefficient (Wildman–Crippen LogP) is 1.64. The zero-order valence-electron chi connectivity index (χ0n) is 11.4. The van der Waals surface area contributed by atoms with E-state index < -0.39 is 5.82 Å². The van der Waals surface area contributed by atoms with Crippen molar-refractivity contribution in [1.29, 1.82) is 0 Å². The van der Waals surface area contributed by atoms with E-state index in [0.717, 1.165) is 0 Å². The second-order valence-corrected chi connectivity index (χ2v) is 5.39. The van der Waals surface area contributed by atoms with Crippen molar-refractivity contribution in [3.63, 3.8) is 0 Å². The second-order valence-electron chi connectivity index (χ2n) is 5.39. The first-order valence-electron chi connectivity index (χ1n) is 6.29. The highest BCUT2D eigenvalue weighted by Crippen LogP contribution is 2.28. The fourth-order valence-electron chi connectivity index (χ4n) is 2.14. The van der Waals surface area contributed by atoms with Crippen LogP contribution in [0.3, 0.4) is 0 Å². The molecule has 0 spiro atoms. The van der Waals surface area contributed by atoms with E-state index in [1.165, 1.54) is 19.2 Å². The third-order valence-corrected chi connectivity index (χ3v) is 3.81. The highest BCUT2D eigenvalue weighted by molar-refractivity contribution is 5.95. The van der Waals surface area contributed by atoms with Crippen LogP contribution in [0, 0.1) is 11.7 Å². The number of likely N-dealkylation sites (tertiary alicyclic amines) is 1. The molecule has 0 saturated carbocycles. The third kappa shape index (κ3) is 2.42. The quantitative estimate of drug-likeness (QED) is 0.905. The Morgan fingerprint density at radius 1 is 1.47 bits per heavy atom. The Kier molecular flexibility index (Phi) is 3.49. The number of ether oxygens (including phenoxy) is 1. The minimum absolute atomic E-state index is 0.0617. The van der Waals surface area contributed by atoms with Crippen molar-refractivity contribution in [3.8, 4) is 5.75 Å². The van der Waals surface area contributed by atoms with Gasteiger partial charge in [0.25, 0.3) is 5.91 Å². The van der Waals surface area contributed by atoms with Crippen LogP contribution >= 0.6 is 0 Å².